The number of esters is 1. The molecule has 1 fully saturated rings. The van der Waals surface area contributed by atoms with Gasteiger partial charge in [-0.25, -0.2) is 0 Å². The van der Waals surface area contributed by atoms with Crippen LogP contribution in [0.5, 0.6) is 0 Å². The molecule has 4 N–H and O–H groups in total. The number of carbonyl (C=O) groups excluding carboxylic acids is 3. The molecule has 1 aromatic carbocycles. The number of halogens is 1. The molecule has 1 aliphatic carbocycles. The molecule has 182 valence electrons. The summed E-state index contributed by atoms with van der Waals surface area (Å²) in [5.74, 6) is -2.25. The Hall–Kier alpha value is -2.41. The van der Waals surface area contributed by atoms with Gasteiger partial charge in [-0.2, -0.15) is 0 Å². The molecule has 0 spiro atoms. The van der Waals surface area contributed by atoms with Gasteiger partial charge in [0.2, 0.25) is 0 Å². The fourth-order valence-electron chi connectivity index (χ4n) is 4.48. The quantitative estimate of drug-likeness (QED) is 0.250. The summed E-state index contributed by atoms with van der Waals surface area (Å²) in [6.45, 7) is 7.45. The lowest BCUT2D eigenvalue weighted by Gasteiger charge is -2.39. The lowest BCUT2D eigenvalue weighted by atomic mass is 9.79. The average Bonchev–Trinajstić information content (AvgIpc) is 2.75. The summed E-state index contributed by atoms with van der Waals surface area (Å²) in [5, 5.41) is 11.2. The van der Waals surface area contributed by atoms with E-state index in [9.17, 15) is 14.4 Å². The molecular weight excluding hydrogens is 442 g/mol. The van der Waals surface area contributed by atoms with Crippen molar-refractivity contribution in [2.45, 2.75) is 84.3 Å². The Morgan fingerprint density at radius 3 is 2.36 bits per heavy atom. The maximum atomic E-state index is 13.1. The number of ketones is 1. The van der Waals surface area contributed by atoms with Gasteiger partial charge in [-0.05, 0) is 69.6 Å². The number of nitrogens with two attached hydrogens (primary N) is 1. The molecule has 1 aliphatic rings. The van der Waals surface area contributed by atoms with E-state index in [4.69, 9.17) is 27.5 Å². The molecule has 0 aliphatic heterocycles. The number of nitrogen functional groups attached to an aromatic ring is 1. The van der Waals surface area contributed by atoms with Crippen LogP contribution >= 0.6 is 11.6 Å². The molecule has 1 amide bonds. The standard InChI is InChI=1S/C25H36ClN3O4/c1-5-18(24(32)33-25(14-15(2)3)11-7-6-8-12-25)21(28)22(30)16(4)29-23(31)17-9-10-20(27)19(26)13-17/h9-10,13,15-16,18,28H,5-8,11-12,14,27H2,1-4H3,(H,29,31)/t16-,18-/m1/s1. The summed E-state index contributed by atoms with van der Waals surface area (Å²) >= 11 is 5.97. The van der Waals surface area contributed by atoms with Crippen molar-refractivity contribution >= 4 is 40.7 Å². The summed E-state index contributed by atoms with van der Waals surface area (Å²) in [4.78, 5) is 38.5. The highest BCUT2D eigenvalue weighted by Gasteiger charge is 2.40. The molecule has 0 saturated heterocycles. The van der Waals surface area contributed by atoms with Crippen molar-refractivity contribution in [3.8, 4) is 0 Å². The van der Waals surface area contributed by atoms with Crippen molar-refractivity contribution in [3.05, 3.63) is 28.8 Å². The lowest BCUT2D eigenvalue weighted by Crippen LogP contribution is -2.46. The third-order valence-electron chi connectivity index (χ3n) is 6.17. The molecule has 0 heterocycles. The topological polar surface area (TPSA) is 122 Å². The number of carbonyl (C=O) groups is 3. The zero-order chi connectivity index (χ0) is 24.8. The third-order valence-corrected chi connectivity index (χ3v) is 6.50. The van der Waals surface area contributed by atoms with Gasteiger partial charge in [0, 0.05) is 5.56 Å². The van der Waals surface area contributed by atoms with E-state index in [-0.39, 0.29) is 22.7 Å². The number of Topliss-reactive ketones (excluding diaryl/α,β-unsaturated/α-hetero) is 1. The van der Waals surface area contributed by atoms with Crippen LogP contribution < -0.4 is 11.1 Å². The largest absolute Gasteiger partial charge is 0.459 e. The minimum atomic E-state index is -0.984. The lowest BCUT2D eigenvalue weighted by molar-refractivity contribution is -0.168. The Morgan fingerprint density at radius 2 is 1.82 bits per heavy atom. The number of anilines is 1. The van der Waals surface area contributed by atoms with Gasteiger partial charge < -0.3 is 21.2 Å². The van der Waals surface area contributed by atoms with Crippen LogP contribution in [0.25, 0.3) is 0 Å². The van der Waals surface area contributed by atoms with Gasteiger partial charge in [-0.3, -0.25) is 14.4 Å². The number of rotatable bonds is 10. The molecule has 2 rings (SSSR count). The first-order valence-electron chi connectivity index (χ1n) is 11.7. The van der Waals surface area contributed by atoms with Gasteiger partial charge in [-0.1, -0.05) is 38.8 Å². The summed E-state index contributed by atoms with van der Waals surface area (Å²) in [6, 6.07) is 3.44. The van der Waals surface area contributed by atoms with E-state index >= 15 is 0 Å². The Kier molecular flexibility index (Phi) is 9.46. The van der Waals surface area contributed by atoms with E-state index < -0.39 is 35.2 Å². The first-order valence-corrected chi connectivity index (χ1v) is 12.1. The molecule has 0 bridgehead atoms. The number of hydrogen-bond acceptors (Lipinski definition) is 6. The average molecular weight is 478 g/mol. The number of benzene rings is 1. The molecular formula is C25H36ClN3O4. The van der Waals surface area contributed by atoms with Crippen molar-refractivity contribution < 1.29 is 19.1 Å². The SMILES string of the molecule is CC[C@H](C(=N)C(=O)[C@@H](C)NC(=O)c1ccc(N)c(Cl)c1)C(=O)OC1(CC(C)C)CCCCC1. The van der Waals surface area contributed by atoms with E-state index in [0.29, 0.717) is 11.6 Å². The van der Waals surface area contributed by atoms with E-state index in [0.717, 1.165) is 38.5 Å². The highest BCUT2D eigenvalue weighted by Crippen LogP contribution is 2.37. The fraction of sp³-hybridized carbons (Fsp3) is 0.600. The molecule has 2 atom stereocenters. The van der Waals surface area contributed by atoms with Crippen LogP contribution in [-0.4, -0.2) is 35.0 Å². The predicted octanol–water partition coefficient (Wildman–Crippen LogP) is 4.95. The molecule has 0 radical (unpaired) electrons. The fourth-order valence-corrected chi connectivity index (χ4v) is 4.66. The first-order chi connectivity index (χ1) is 15.5. The zero-order valence-electron chi connectivity index (χ0n) is 20.0. The summed E-state index contributed by atoms with van der Waals surface area (Å²) < 4.78 is 6.02. The molecule has 1 aromatic rings. The van der Waals surface area contributed by atoms with Gasteiger partial charge in [-0.15, -0.1) is 0 Å². The first kappa shape index (κ1) is 26.8. The predicted molar refractivity (Wildman–Crippen MR) is 131 cm³/mol. The Balaban J connectivity index is 2.07. The minimum absolute atomic E-state index is 0.237. The summed E-state index contributed by atoms with van der Waals surface area (Å²) in [5.41, 5.74) is 5.40. The van der Waals surface area contributed by atoms with Crippen LogP contribution in [0, 0.1) is 17.2 Å². The monoisotopic (exact) mass is 477 g/mol. The van der Waals surface area contributed by atoms with Crippen molar-refractivity contribution in [2.24, 2.45) is 11.8 Å². The van der Waals surface area contributed by atoms with Crippen LogP contribution in [0.2, 0.25) is 5.02 Å². The molecule has 8 heteroatoms. The molecule has 7 nitrogen and oxygen atoms in total. The molecule has 0 unspecified atom stereocenters. The smallest absolute Gasteiger partial charge is 0.315 e. The Bertz CT molecular complexity index is 894. The van der Waals surface area contributed by atoms with Crippen LogP contribution in [-0.2, 0) is 14.3 Å². The van der Waals surface area contributed by atoms with Crippen LogP contribution in [0.15, 0.2) is 18.2 Å². The van der Waals surface area contributed by atoms with Gasteiger partial charge in [0.15, 0.2) is 5.78 Å². The van der Waals surface area contributed by atoms with E-state index in [1.807, 2.05) is 0 Å². The highest BCUT2D eigenvalue weighted by molar-refractivity contribution is 6.44. The number of nitrogens with one attached hydrogen (secondary N) is 2. The second-order valence-corrected chi connectivity index (χ2v) is 9.84. The second-order valence-electron chi connectivity index (χ2n) is 9.43. The molecule has 33 heavy (non-hydrogen) atoms. The normalized spacial score (nSPS) is 17.2. The van der Waals surface area contributed by atoms with Crippen LogP contribution in [0.3, 0.4) is 0 Å². The van der Waals surface area contributed by atoms with Crippen molar-refractivity contribution in [1.29, 1.82) is 5.41 Å². The van der Waals surface area contributed by atoms with Crippen LogP contribution in [0.4, 0.5) is 5.69 Å². The van der Waals surface area contributed by atoms with E-state index in [1.54, 1.807) is 6.92 Å². The van der Waals surface area contributed by atoms with Gasteiger partial charge in [0.1, 0.15) is 11.5 Å². The molecule has 1 saturated carbocycles. The van der Waals surface area contributed by atoms with Crippen molar-refractivity contribution in [1.82, 2.24) is 5.32 Å². The maximum Gasteiger partial charge on any atom is 0.315 e. The van der Waals surface area contributed by atoms with Gasteiger partial charge >= 0.3 is 5.97 Å². The van der Waals surface area contributed by atoms with E-state index in [1.165, 1.54) is 25.1 Å². The summed E-state index contributed by atoms with van der Waals surface area (Å²) in [6.07, 6.45) is 5.80. The Morgan fingerprint density at radius 1 is 1.18 bits per heavy atom. The van der Waals surface area contributed by atoms with Crippen molar-refractivity contribution in [3.63, 3.8) is 0 Å². The van der Waals surface area contributed by atoms with Gasteiger partial charge in [0.25, 0.3) is 5.91 Å². The second kappa shape index (κ2) is 11.6. The van der Waals surface area contributed by atoms with Gasteiger partial charge in [0.05, 0.1) is 22.5 Å². The van der Waals surface area contributed by atoms with Crippen molar-refractivity contribution in [2.75, 3.05) is 5.73 Å². The minimum Gasteiger partial charge on any atom is -0.459 e. The zero-order valence-corrected chi connectivity index (χ0v) is 20.8. The number of amides is 1. The maximum absolute atomic E-state index is 13.1. The summed E-state index contributed by atoms with van der Waals surface area (Å²) in [7, 11) is 0. The van der Waals surface area contributed by atoms with Crippen LogP contribution in [0.1, 0.15) is 83.0 Å². The highest BCUT2D eigenvalue weighted by atomic mass is 35.5. The third kappa shape index (κ3) is 7.03. The number of ether oxygens (including phenoxy) is 1. The Labute approximate surface area is 201 Å². The molecule has 0 aromatic heterocycles. The number of hydrogen-bond donors (Lipinski definition) is 3. The van der Waals surface area contributed by atoms with E-state index in [2.05, 4.69) is 19.2 Å².